The van der Waals surface area contributed by atoms with E-state index in [0.717, 1.165) is 11.1 Å². The molecule has 31 heavy (non-hydrogen) atoms. The van der Waals surface area contributed by atoms with E-state index < -0.39 is 5.41 Å². The Morgan fingerprint density at radius 1 is 1.13 bits per heavy atom. The van der Waals surface area contributed by atoms with E-state index in [1.54, 1.807) is 35.4 Å². The van der Waals surface area contributed by atoms with Crippen LogP contribution in [0.4, 0.5) is 4.39 Å². The van der Waals surface area contributed by atoms with Crippen LogP contribution in [-0.4, -0.2) is 36.9 Å². The van der Waals surface area contributed by atoms with E-state index in [1.165, 1.54) is 17.0 Å². The van der Waals surface area contributed by atoms with Crippen LogP contribution >= 0.6 is 11.3 Å². The molecule has 2 heterocycles. The summed E-state index contributed by atoms with van der Waals surface area (Å²) in [6.45, 7) is 0.877. The van der Waals surface area contributed by atoms with E-state index in [9.17, 15) is 14.0 Å². The summed E-state index contributed by atoms with van der Waals surface area (Å²) in [5, 5.41) is 4.86. The number of halogens is 1. The number of likely N-dealkylation sites (tertiary alicyclic amines) is 1. The first kappa shape index (κ1) is 21.2. The second kappa shape index (κ2) is 9.02. The molecule has 0 bridgehead atoms. The molecule has 0 saturated carbocycles. The number of benzene rings is 2. The van der Waals surface area contributed by atoms with Crippen LogP contribution in [0.1, 0.15) is 17.5 Å². The zero-order valence-electron chi connectivity index (χ0n) is 17.4. The number of amides is 2. The molecule has 3 aromatic rings. The summed E-state index contributed by atoms with van der Waals surface area (Å²) in [6, 6.07) is 18.4. The molecular weight excluding hydrogens is 411 g/mol. The molecule has 2 aromatic carbocycles. The Morgan fingerprint density at radius 2 is 1.97 bits per heavy atom. The number of rotatable bonds is 6. The Morgan fingerprint density at radius 3 is 2.71 bits per heavy atom. The van der Waals surface area contributed by atoms with Gasteiger partial charge in [-0.3, -0.25) is 9.59 Å². The molecule has 1 N–H and O–H groups in total. The lowest BCUT2D eigenvalue weighted by atomic mass is 9.78. The van der Waals surface area contributed by atoms with Gasteiger partial charge in [0.2, 0.25) is 11.8 Å². The van der Waals surface area contributed by atoms with Gasteiger partial charge in [0.25, 0.3) is 0 Å². The summed E-state index contributed by atoms with van der Waals surface area (Å²) in [5.74, 6) is -0.478. The highest BCUT2D eigenvalue weighted by molar-refractivity contribution is 7.13. The number of hydrogen-bond donors (Lipinski definition) is 1. The highest BCUT2D eigenvalue weighted by Crippen LogP contribution is 2.38. The topological polar surface area (TPSA) is 49.4 Å². The van der Waals surface area contributed by atoms with Gasteiger partial charge < -0.3 is 10.2 Å². The molecular formula is C25H25FN2O2S. The Hall–Kier alpha value is -2.99. The molecule has 1 aliphatic heterocycles. The van der Waals surface area contributed by atoms with Gasteiger partial charge in [0, 0.05) is 25.0 Å². The van der Waals surface area contributed by atoms with Crippen molar-refractivity contribution in [3.8, 4) is 10.4 Å². The van der Waals surface area contributed by atoms with Gasteiger partial charge in [-0.1, -0.05) is 42.5 Å². The van der Waals surface area contributed by atoms with Crippen LogP contribution in [0.5, 0.6) is 0 Å². The fraction of sp³-hybridized carbons (Fsp3) is 0.280. The van der Waals surface area contributed by atoms with E-state index in [2.05, 4.69) is 23.5 Å². The molecule has 1 aliphatic rings. The van der Waals surface area contributed by atoms with Crippen LogP contribution in [0.2, 0.25) is 0 Å². The third-order valence-electron chi connectivity index (χ3n) is 5.99. The summed E-state index contributed by atoms with van der Waals surface area (Å²) >= 11 is 1.67. The minimum Gasteiger partial charge on any atom is -0.359 e. The van der Waals surface area contributed by atoms with Gasteiger partial charge in [-0.25, -0.2) is 4.39 Å². The predicted molar refractivity (Wildman–Crippen MR) is 121 cm³/mol. The molecule has 0 unspecified atom stereocenters. The number of thiophene rings is 1. The Kier molecular flexibility index (Phi) is 6.18. The number of hydrogen-bond acceptors (Lipinski definition) is 3. The third kappa shape index (κ3) is 4.54. The van der Waals surface area contributed by atoms with Crippen molar-refractivity contribution in [3.63, 3.8) is 0 Å². The van der Waals surface area contributed by atoms with E-state index in [4.69, 9.17) is 0 Å². The lowest BCUT2D eigenvalue weighted by molar-refractivity contribution is -0.132. The van der Waals surface area contributed by atoms with Crippen molar-refractivity contribution in [3.05, 3.63) is 83.0 Å². The molecule has 2 amide bonds. The second-order valence-corrected chi connectivity index (χ2v) is 8.99. The molecule has 4 rings (SSSR count). The Bertz CT molecular complexity index is 1080. The highest BCUT2D eigenvalue weighted by atomic mass is 32.1. The van der Waals surface area contributed by atoms with Crippen LogP contribution in [0.15, 0.2) is 66.0 Å². The SMILES string of the molecule is CNC(=O)[C@]1(Cc2ccccc2-c2cccs2)CCN(C(=O)Cc2cccc(F)c2)C1. The fourth-order valence-corrected chi connectivity index (χ4v) is 5.19. The minimum atomic E-state index is -0.681. The van der Waals surface area contributed by atoms with Crippen LogP contribution in [0.25, 0.3) is 10.4 Å². The highest BCUT2D eigenvalue weighted by Gasteiger charge is 2.45. The van der Waals surface area contributed by atoms with Gasteiger partial charge in [-0.15, -0.1) is 11.3 Å². The van der Waals surface area contributed by atoms with E-state index in [0.29, 0.717) is 31.5 Å². The van der Waals surface area contributed by atoms with Crippen molar-refractivity contribution in [2.75, 3.05) is 20.1 Å². The first-order valence-corrected chi connectivity index (χ1v) is 11.2. The molecule has 1 aromatic heterocycles. The van der Waals surface area contributed by atoms with Crippen LogP contribution in [-0.2, 0) is 22.4 Å². The Balaban J connectivity index is 1.56. The number of carbonyl (C=O) groups is 2. The van der Waals surface area contributed by atoms with Gasteiger partial charge in [-0.2, -0.15) is 0 Å². The molecule has 160 valence electrons. The average Bonchev–Trinajstić information content (AvgIpc) is 3.45. The molecule has 0 spiro atoms. The summed E-state index contributed by atoms with van der Waals surface area (Å²) in [5.41, 5.74) is 2.20. The zero-order valence-corrected chi connectivity index (χ0v) is 18.3. The van der Waals surface area contributed by atoms with Crippen molar-refractivity contribution in [1.29, 1.82) is 0 Å². The normalized spacial score (nSPS) is 18.2. The van der Waals surface area contributed by atoms with Crippen LogP contribution < -0.4 is 5.32 Å². The van der Waals surface area contributed by atoms with Gasteiger partial charge in [-0.05, 0) is 53.1 Å². The van der Waals surface area contributed by atoms with Crippen molar-refractivity contribution in [2.24, 2.45) is 5.41 Å². The van der Waals surface area contributed by atoms with Crippen molar-refractivity contribution < 1.29 is 14.0 Å². The number of carbonyl (C=O) groups excluding carboxylic acids is 2. The third-order valence-corrected chi connectivity index (χ3v) is 6.90. The fourth-order valence-electron chi connectivity index (χ4n) is 4.40. The van der Waals surface area contributed by atoms with Gasteiger partial charge in [0.15, 0.2) is 0 Å². The molecule has 1 atom stereocenters. The quantitative estimate of drug-likeness (QED) is 0.626. The number of nitrogens with one attached hydrogen (secondary N) is 1. The largest absolute Gasteiger partial charge is 0.359 e. The van der Waals surface area contributed by atoms with Crippen LogP contribution in [0, 0.1) is 11.2 Å². The maximum absolute atomic E-state index is 13.5. The van der Waals surface area contributed by atoms with Gasteiger partial charge >= 0.3 is 0 Å². The smallest absolute Gasteiger partial charge is 0.228 e. The summed E-state index contributed by atoms with van der Waals surface area (Å²) in [6.07, 6.45) is 1.29. The summed E-state index contributed by atoms with van der Waals surface area (Å²) < 4.78 is 13.5. The minimum absolute atomic E-state index is 0.0467. The second-order valence-electron chi connectivity index (χ2n) is 8.04. The molecule has 0 radical (unpaired) electrons. The van der Waals surface area contributed by atoms with Gasteiger partial charge in [0.1, 0.15) is 5.82 Å². The zero-order chi connectivity index (χ0) is 21.8. The van der Waals surface area contributed by atoms with Crippen molar-refractivity contribution in [1.82, 2.24) is 10.2 Å². The number of nitrogens with zero attached hydrogens (tertiary/aromatic N) is 1. The maximum atomic E-state index is 13.5. The first-order chi connectivity index (χ1) is 15.0. The maximum Gasteiger partial charge on any atom is 0.228 e. The molecule has 6 heteroatoms. The van der Waals surface area contributed by atoms with E-state index in [-0.39, 0.29) is 24.1 Å². The summed E-state index contributed by atoms with van der Waals surface area (Å²) in [7, 11) is 1.65. The van der Waals surface area contributed by atoms with Gasteiger partial charge in [0.05, 0.1) is 11.8 Å². The average molecular weight is 437 g/mol. The Labute approximate surface area is 185 Å². The molecule has 1 saturated heterocycles. The monoisotopic (exact) mass is 436 g/mol. The van der Waals surface area contributed by atoms with Crippen molar-refractivity contribution in [2.45, 2.75) is 19.3 Å². The predicted octanol–water partition coefficient (Wildman–Crippen LogP) is 4.30. The lowest BCUT2D eigenvalue weighted by Crippen LogP contribution is -2.44. The molecule has 0 aliphatic carbocycles. The molecule has 4 nitrogen and oxygen atoms in total. The van der Waals surface area contributed by atoms with Crippen molar-refractivity contribution >= 4 is 23.2 Å². The summed E-state index contributed by atoms with van der Waals surface area (Å²) in [4.78, 5) is 28.8. The first-order valence-electron chi connectivity index (χ1n) is 10.4. The van der Waals surface area contributed by atoms with E-state index >= 15 is 0 Å². The standard InChI is InChI=1S/C25H25FN2O2S/c1-27-24(30)25(16-19-7-2-3-9-21(19)22-10-5-13-31-22)11-12-28(17-25)23(29)15-18-6-4-8-20(26)14-18/h2-10,13-14H,11-12,15-17H2,1H3,(H,27,30)/t25-/m0/s1. The lowest BCUT2D eigenvalue weighted by Gasteiger charge is -2.28. The van der Waals surface area contributed by atoms with Crippen LogP contribution in [0.3, 0.4) is 0 Å². The van der Waals surface area contributed by atoms with E-state index in [1.807, 2.05) is 23.6 Å². The molecule has 1 fully saturated rings.